The van der Waals surface area contributed by atoms with Gasteiger partial charge in [0.25, 0.3) is 0 Å². The average molecular weight is 216 g/mol. The van der Waals surface area contributed by atoms with E-state index >= 15 is 0 Å². The van der Waals surface area contributed by atoms with Crippen molar-refractivity contribution >= 4 is 0 Å². The second-order valence-corrected chi connectivity index (χ2v) is 2.29. The molecule has 0 aromatic heterocycles. The molecule has 0 aliphatic rings. The zero-order chi connectivity index (χ0) is 8.65. The zero-order valence-electron chi connectivity index (χ0n) is 7.46. The van der Waals surface area contributed by atoms with E-state index in [2.05, 4.69) is 0 Å². The molecule has 13 heavy (non-hydrogen) atoms. The summed E-state index contributed by atoms with van der Waals surface area (Å²) >= 11 is 0. The van der Waals surface area contributed by atoms with Crippen molar-refractivity contribution in [3.8, 4) is 5.75 Å². The van der Waals surface area contributed by atoms with E-state index in [0.29, 0.717) is 0 Å². The third-order valence-corrected chi connectivity index (χ3v) is 1.42. The van der Waals surface area contributed by atoms with Crippen molar-refractivity contribution < 1.29 is 21.8 Å². The molecule has 0 unspecified atom stereocenters. The van der Waals surface area contributed by atoms with Crippen LogP contribution in [0, 0.1) is 0 Å². The van der Waals surface area contributed by atoms with Gasteiger partial charge in [-0.3, -0.25) is 0 Å². The molecule has 0 amide bonds. The molecular weight excluding hydrogens is 204 g/mol. The van der Waals surface area contributed by atoms with Crippen molar-refractivity contribution in [2.45, 2.75) is 0 Å². The van der Waals surface area contributed by atoms with Crippen molar-refractivity contribution in [2.75, 3.05) is 7.11 Å². The maximum absolute atomic E-state index is 4.85. The smallest absolute Gasteiger partial charge is 0.554 e. The van der Waals surface area contributed by atoms with Crippen LogP contribution in [0.5, 0.6) is 5.75 Å². The van der Waals surface area contributed by atoms with Gasteiger partial charge in [-0.2, -0.15) is 18.2 Å². The summed E-state index contributed by atoms with van der Waals surface area (Å²) < 4.78 is 4.85. The summed E-state index contributed by atoms with van der Waals surface area (Å²) in [6.45, 7) is 0. The minimum absolute atomic E-state index is 0. The summed E-state index contributed by atoms with van der Waals surface area (Å²) in [5.74, 6) is 0.931. The summed E-state index contributed by atoms with van der Waals surface area (Å²) in [4.78, 5) is 0. The predicted octanol–water partition coefficient (Wildman–Crippen LogP) is 2.82. The van der Waals surface area contributed by atoms with Crippen LogP contribution in [0.2, 0.25) is 0 Å². The first-order valence-electron chi connectivity index (χ1n) is 3.86. The van der Waals surface area contributed by atoms with Crippen molar-refractivity contribution in [1.82, 2.24) is 0 Å². The topological polar surface area (TPSA) is 9.23 Å². The van der Waals surface area contributed by atoms with Crippen LogP contribution in [0.25, 0.3) is 0 Å². The fourth-order valence-electron chi connectivity index (χ4n) is 0.813. The molecular formula is C11H12FeO. The first kappa shape index (κ1) is 12.0. The van der Waals surface area contributed by atoms with Crippen LogP contribution in [0.4, 0.5) is 0 Å². The van der Waals surface area contributed by atoms with Gasteiger partial charge >= 0.3 is 17.1 Å². The maximum atomic E-state index is 4.85. The summed E-state index contributed by atoms with van der Waals surface area (Å²) in [6, 6.07) is 17.7. The fourth-order valence-corrected chi connectivity index (χ4v) is 0.813. The van der Waals surface area contributed by atoms with E-state index in [0.717, 1.165) is 5.75 Å². The van der Waals surface area contributed by atoms with Crippen LogP contribution in [0.3, 0.4) is 0 Å². The SMILES string of the molecule is CO[c-]1cccc1.[Fe+2].c1cc[cH-]c1. The first-order chi connectivity index (χ1) is 5.93. The van der Waals surface area contributed by atoms with E-state index in [-0.39, 0.29) is 17.1 Å². The maximum Gasteiger partial charge on any atom is 2.00 e. The van der Waals surface area contributed by atoms with E-state index in [1.165, 1.54) is 0 Å². The van der Waals surface area contributed by atoms with Gasteiger partial charge in [0, 0.05) is 5.75 Å². The van der Waals surface area contributed by atoms with Crippen LogP contribution in [0.15, 0.2) is 54.6 Å². The second-order valence-electron chi connectivity index (χ2n) is 2.29. The Hall–Kier alpha value is -0.981. The van der Waals surface area contributed by atoms with Gasteiger partial charge in [-0.1, -0.05) is 0 Å². The van der Waals surface area contributed by atoms with Crippen molar-refractivity contribution in [3.05, 3.63) is 54.6 Å². The number of hydrogen-bond acceptors (Lipinski definition) is 1. The van der Waals surface area contributed by atoms with Gasteiger partial charge in [-0.15, -0.1) is 12.1 Å². The molecule has 0 atom stereocenters. The second kappa shape index (κ2) is 7.66. The van der Waals surface area contributed by atoms with Gasteiger partial charge in [0.1, 0.15) is 0 Å². The average Bonchev–Trinajstić information content (AvgIpc) is 2.81. The molecule has 0 N–H and O–H groups in total. The molecule has 0 saturated heterocycles. The van der Waals surface area contributed by atoms with Gasteiger partial charge in [0.15, 0.2) is 0 Å². The molecule has 0 bridgehead atoms. The standard InChI is InChI=1S/C6H7O.C5H5.Fe/c1-7-6-4-2-3-5-6;1-2-4-5-3-1;/h2-5H,1H3;1-5H;/q2*-1;+2. The number of methoxy groups -OCH3 is 1. The van der Waals surface area contributed by atoms with Crippen molar-refractivity contribution in [2.24, 2.45) is 0 Å². The van der Waals surface area contributed by atoms with E-state index in [1.54, 1.807) is 7.11 Å². The van der Waals surface area contributed by atoms with E-state index in [9.17, 15) is 0 Å². The number of rotatable bonds is 1. The first-order valence-corrected chi connectivity index (χ1v) is 3.86. The Labute approximate surface area is 89.5 Å². The summed E-state index contributed by atoms with van der Waals surface area (Å²) in [7, 11) is 1.66. The Kier molecular flexibility index (Phi) is 7.08. The third kappa shape index (κ3) is 5.29. The molecule has 2 aromatic rings. The van der Waals surface area contributed by atoms with Crippen molar-refractivity contribution in [1.29, 1.82) is 0 Å². The molecule has 2 aromatic carbocycles. The third-order valence-electron chi connectivity index (χ3n) is 1.42. The molecule has 0 saturated carbocycles. The molecule has 70 valence electrons. The Balaban J connectivity index is 0.000000215. The molecule has 0 aliphatic carbocycles. The van der Waals surface area contributed by atoms with E-state index in [1.807, 2.05) is 54.6 Å². The van der Waals surface area contributed by atoms with Crippen LogP contribution >= 0.6 is 0 Å². The number of ether oxygens (including phenoxy) is 1. The van der Waals surface area contributed by atoms with Gasteiger partial charge in [-0.25, -0.2) is 24.3 Å². The fraction of sp³-hybridized carbons (Fsp3) is 0.0909. The molecule has 2 rings (SSSR count). The summed E-state index contributed by atoms with van der Waals surface area (Å²) in [5.41, 5.74) is 0. The minimum atomic E-state index is 0. The van der Waals surface area contributed by atoms with Gasteiger partial charge in [-0.05, 0) is 0 Å². The molecule has 0 fully saturated rings. The van der Waals surface area contributed by atoms with Gasteiger partial charge in [0.2, 0.25) is 0 Å². The predicted molar refractivity (Wildman–Crippen MR) is 50.6 cm³/mol. The van der Waals surface area contributed by atoms with Crippen molar-refractivity contribution in [3.63, 3.8) is 0 Å². The van der Waals surface area contributed by atoms with E-state index in [4.69, 9.17) is 4.74 Å². The molecule has 0 heterocycles. The Morgan fingerprint density at radius 2 is 1.54 bits per heavy atom. The van der Waals surface area contributed by atoms with Crippen LogP contribution < -0.4 is 4.74 Å². The largest absolute Gasteiger partial charge is 2.00 e. The van der Waals surface area contributed by atoms with Gasteiger partial charge < -0.3 is 4.74 Å². The molecule has 0 spiro atoms. The summed E-state index contributed by atoms with van der Waals surface area (Å²) in [5, 5.41) is 0. The molecule has 0 aliphatic heterocycles. The Morgan fingerprint density at radius 1 is 1.00 bits per heavy atom. The minimum Gasteiger partial charge on any atom is -0.554 e. The summed E-state index contributed by atoms with van der Waals surface area (Å²) in [6.07, 6.45) is 0. The van der Waals surface area contributed by atoms with Crippen LogP contribution in [-0.4, -0.2) is 7.11 Å². The molecule has 0 radical (unpaired) electrons. The number of hydrogen-bond donors (Lipinski definition) is 0. The Bertz CT molecular complexity index is 241. The quantitative estimate of drug-likeness (QED) is 0.526. The van der Waals surface area contributed by atoms with Gasteiger partial charge in [0.05, 0.1) is 7.11 Å². The van der Waals surface area contributed by atoms with Crippen LogP contribution in [0.1, 0.15) is 0 Å². The van der Waals surface area contributed by atoms with Crippen LogP contribution in [-0.2, 0) is 17.1 Å². The Morgan fingerprint density at radius 3 is 1.77 bits per heavy atom. The molecule has 1 nitrogen and oxygen atoms in total. The van der Waals surface area contributed by atoms with E-state index < -0.39 is 0 Å². The normalized spacial score (nSPS) is 7.77. The monoisotopic (exact) mass is 216 g/mol. The molecule has 2 heteroatoms. The zero-order valence-corrected chi connectivity index (χ0v) is 8.56.